The monoisotopic (exact) mass is 345 g/mol. The first-order valence-corrected chi connectivity index (χ1v) is 7.70. The van der Waals surface area contributed by atoms with Crippen LogP contribution in [-0.4, -0.2) is 45.8 Å². The molecule has 1 heterocycles. The van der Waals surface area contributed by atoms with Crippen molar-refractivity contribution in [1.82, 2.24) is 9.97 Å². The topological polar surface area (TPSA) is 113 Å². The molecular formula is C17H19N3O5. The number of ether oxygens (including phenoxy) is 1. The average molecular weight is 345 g/mol. The van der Waals surface area contributed by atoms with Crippen LogP contribution in [0.15, 0.2) is 35.8 Å². The smallest absolute Gasteiger partial charge is 0.344 e. The summed E-state index contributed by atoms with van der Waals surface area (Å²) >= 11 is 0. The van der Waals surface area contributed by atoms with Crippen molar-refractivity contribution in [2.24, 2.45) is 0 Å². The highest BCUT2D eigenvalue weighted by Crippen LogP contribution is 2.30. The van der Waals surface area contributed by atoms with Gasteiger partial charge in [0.2, 0.25) is 0 Å². The van der Waals surface area contributed by atoms with E-state index in [2.05, 4.69) is 9.97 Å². The number of rotatable bonds is 7. The SMILES string of the molecule is CCC(=C(C(=O)O)C(=O)O)N(CC)c1ncnc2cc(OC)ccc12. The molecular weight excluding hydrogens is 326 g/mol. The Hall–Kier alpha value is -3.16. The number of methoxy groups -OCH3 is 1. The predicted molar refractivity (Wildman–Crippen MR) is 91.7 cm³/mol. The van der Waals surface area contributed by atoms with E-state index in [0.717, 1.165) is 0 Å². The van der Waals surface area contributed by atoms with Crippen LogP contribution < -0.4 is 9.64 Å². The largest absolute Gasteiger partial charge is 0.497 e. The van der Waals surface area contributed by atoms with Gasteiger partial charge in [-0.1, -0.05) is 6.92 Å². The molecule has 0 atom stereocenters. The Morgan fingerprint density at radius 2 is 1.84 bits per heavy atom. The lowest BCUT2D eigenvalue weighted by Gasteiger charge is -2.26. The number of hydrogen-bond acceptors (Lipinski definition) is 6. The summed E-state index contributed by atoms with van der Waals surface area (Å²) in [5.74, 6) is -1.89. The molecule has 2 rings (SSSR count). The number of benzene rings is 1. The van der Waals surface area contributed by atoms with E-state index in [9.17, 15) is 19.8 Å². The van der Waals surface area contributed by atoms with E-state index in [1.165, 1.54) is 6.33 Å². The second kappa shape index (κ2) is 7.61. The van der Waals surface area contributed by atoms with E-state index in [1.54, 1.807) is 44.1 Å². The lowest BCUT2D eigenvalue weighted by atomic mass is 10.1. The maximum absolute atomic E-state index is 11.4. The van der Waals surface area contributed by atoms with Crippen LogP contribution in [0.25, 0.3) is 10.9 Å². The standard InChI is InChI=1S/C17H19N3O5/c1-4-13(14(16(21)22)17(23)24)20(5-2)15-11-7-6-10(25-3)8-12(11)18-9-19-15/h6-9H,4-5H2,1-3H3,(H,21,22)(H,23,24). The molecule has 2 N–H and O–H groups in total. The fourth-order valence-electron chi connectivity index (χ4n) is 2.67. The van der Waals surface area contributed by atoms with E-state index in [-0.39, 0.29) is 12.1 Å². The first-order chi connectivity index (χ1) is 11.9. The lowest BCUT2D eigenvalue weighted by molar-refractivity contribution is -0.140. The molecule has 0 bridgehead atoms. The fourth-order valence-corrected chi connectivity index (χ4v) is 2.67. The molecule has 1 aromatic heterocycles. The number of carboxylic acids is 2. The molecule has 132 valence electrons. The molecule has 0 aliphatic rings. The van der Waals surface area contributed by atoms with Gasteiger partial charge in [-0.2, -0.15) is 0 Å². The molecule has 0 amide bonds. The summed E-state index contributed by atoms with van der Waals surface area (Å²) in [6.45, 7) is 3.86. The first-order valence-electron chi connectivity index (χ1n) is 7.70. The van der Waals surface area contributed by atoms with Crippen molar-refractivity contribution in [2.75, 3.05) is 18.6 Å². The second-order valence-electron chi connectivity index (χ2n) is 5.11. The number of nitrogens with zero attached hydrogens (tertiary/aromatic N) is 3. The van der Waals surface area contributed by atoms with E-state index in [4.69, 9.17) is 4.74 Å². The van der Waals surface area contributed by atoms with Gasteiger partial charge >= 0.3 is 11.9 Å². The fraction of sp³-hybridized carbons (Fsp3) is 0.294. The molecule has 0 saturated heterocycles. The summed E-state index contributed by atoms with van der Waals surface area (Å²) in [6.07, 6.45) is 1.58. The van der Waals surface area contributed by atoms with Crippen molar-refractivity contribution in [3.05, 3.63) is 35.8 Å². The van der Waals surface area contributed by atoms with Crippen molar-refractivity contribution in [3.63, 3.8) is 0 Å². The Morgan fingerprint density at radius 1 is 1.16 bits per heavy atom. The average Bonchev–Trinajstić information content (AvgIpc) is 2.60. The summed E-state index contributed by atoms with van der Waals surface area (Å²) in [6, 6.07) is 5.24. The molecule has 0 saturated carbocycles. The highest BCUT2D eigenvalue weighted by atomic mass is 16.5. The quantitative estimate of drug-likeness (QED) is 0.446. The maximum Gasteiger partial charge on any atom is 0.344 e. The molecule has 0 aliphatic heterocycles. The number of carbonyl (C=O) groups is 2. The molecule has 0 unspecified atom stereocenters. The molecule has 25 heavy (non-hydrogen) atoms. The van der Waals surface area contributed by atoms with Crippen LogP contribution in [0.2, 0.25) is 0 Å². The van der Waals surface area contributed by atoms with Gasteiger partial charge in [0.25, 0.3) is 0 Å². The molecule has 0 aliphatic carbocycles. The van der Waals surface area contributed by atoms with Gasteiger partial charge in [-0.15, -0.1) is 0 Å². The summed E-state index contributed by atoms with van der Waals surface area (Å²) in [4.78, 5) is 32.9. The number of anilines is 1. The Kier molecular flexibility index (Phi) is 5.53. The van der Waals surface area contributed by atoms with Gasteiger partial charge in [0, 0.05) is 23.7 Å². The van der Waals surface area contributed by atoms with Gasteiger partial charge in [-0.25, -0.2) is 19.6 Å². The van der Waals surface area contributed by atoms with Crippen LogP contribution >= 0.6 is 0 Å². The van der Waals surface area contributed by atoms with Crippen LogP contribution in [0.1, 0.15) is 20.3 Å². The number of hydrogen-bond donors (Lipinski definition) is 2. The minimum atomic E-state index is -1.48. The summed E-state index contributed by atoms with van der Waals surface area (Å²) in [5, 5.41) is 19.3. The molecule has 0 radical (unpaired) electrons. The third-order valence-electron chi connectivity index (χ3n) is 3.77. The normalized spacial score (nSPS) is 10.4. The van der Waals surface area contributed by atoms with Crippen LogP contribution in [0.4, 0.5) is 5.82 Å². The highest BCUT2D eigenvalue weighted by Gasteiger charge is 2.26. The Bertz CT molecular complexity index is 831. The van der Waals surface area contributed by atoms with Crippen LogP contribution in [0.3, 0.4) is 0 Å². The van der Waals surface area contributed by atoms with E-state index in [1.807, 2.05) is 0 Å². The predicted octanol–water partition coefficient (Wildman–Crippen LogP) is 2.30. The van der Waals surface area contributed by atoms with Crippen molar-refractivity contribution < 1.29 is 24.5 Å². The third kappa shape index (κ3) is 3.52. The molecule has 0 fully saturated rings. The molecule has 2 aromatic rings. The van der Waals surface area contributed by atoms with Gasteiger partial charge < -0.3 is 19.8 Å². The zero-order chi connectivity index (χ0) is 18.6. The molecule has 1 aromatic carbocycles. The van der Waals surface area contributed by atoms with Gasteiger partial charge in [0.15, 0.2) is 5.57 Å². The van der Waals surface area contributed by atoms with Crippen molar-refractivity contribution in [1.29, 1.82) is 0 Å². The number of fused-ring (bicyclic) bond motifs is 1. The van der Waals surface area contributed by atoms with E-state index >= 15 is 0 Å². The number of aromatic nitrogens is 2. The highest BCUT2D eigenvalue weighted by molar-refractivity contribution is 6.13. The maximum atomic E-state index is 11.4. The Labute approximate surface area is 144 Å². The molecule has 8 heteroatoms. The minimum absolute atomic E-state index is 0.179. The van der Waals surface area contributed by atoms with Crippen LogP contribution in [0, 0.1) is 0 Å². The van der Waals surface area contributed by atoms with Crippen molar-refractivity contribution in [2.45, 2.75) is 20.3 Å². The third-order valence-corrected chi connectivity index (χ3v) is 3.77. The van der Waals surface area contributed by atoms with Gasteiger partial charge in [0.05, 0.1) is 12.6 Å². The van der Waals surface area contributed by atoms with Gasteiger partial charge in [-0.3, -0.25) is 0 Å². The summed E-state index contributed by atoms with van der Waals surface area (Å²) in [5.41, 5.74) is 0.133. The van der Waals surface area contributed by atoms with Crippen molar-refractivity contribution >= 4 is 28.7 Å². The number of allylic oxidation sites excluding steroid dienone is 1. The van der Waals surface area contributed by atoms with Crippen LogP contribution in [-0.2, 0) is 9.59 Å². The lowest BCUT2D eigenvalue weighted by Crippen LogP contribution is -2.28. The number of aliphatic carboxylic acids is 2. The molecule has 8 nitrogen and oxygen atoms in total. The van der Waals surface area contributed by atoms with E-state index < -0.39 is 17.5 Å². The minimum Gasteiger partial charge on any atom is -0.497 e. The van der Waals surface area contributed by atoms with Crippen molar-refractivity contribution in [3.8, 4) is 5.75 Å². The van der Waals surface area contributed by atoms with Crippen LogP contribution in [0.5, 0.6) is 5.75 Å². The van der Waals surface area contributed by atoms with Gasteiger partial charge in [0.1, 0.15) is 17.9 Å². The number of carboxylic acid groups (broad SMARTS) is 2. The molecule has 0 spiro atoms. The Balaban J connectivity index is 2.72. The van der Waals surface area contributed by atoms with E-state index in [0.29, 0.717) is 29.0 Å². The zero-order valence-corrected chi connectivity index (χ0v) is 14.2. The zero-order valence-electron chi connectivity index (χ0n) is 14.2. The summed E-state index contributed by atoms with van der Waals surface area (Å²) in [7, 11) is 1.55. The van der Waals surface area contributed by atoms with Gasteiger partial charge in [-0.05, 0) is 25.5 Å². The first kappa shape index (κ1) is 18.2. The second-order valence-corrected chi connectivity index (χ2v) is 5.11. The summed E-state index contributed by atoms with van der Waals surface area (Å²) < 4.78 is 5.18. The Morgan fingerprint density at radius 3 is 2.36 bits per heavy atom.